The van der Waals surface area contributed by atoms with Gasteiger partial charge in [0.15, 0.2) is 0 Å². The van der Waals surface area contributed by atoms with Gasteiger partial charge in [-0.25, -0.2) is 4.98 Å². The van der Waals surface area contributed by atoms with Crippen LogP contribution in [0.25, 0.3) is 0 Å². The second-order valence-electron chi connectivity index (χ2n) is 7.20. The van der Waals surface area contributed by atoms with Crippen LogP contribution in [-0.4, -0.2) is 46.1 Å². The second-order valence-corrected chi connectivity index (χ2v) is 7.20. The maximum absolute atomic E-state index is 12.5. The summed E-state index contributed by atoms with van der Waals surface area (Å²) in [7, 11) is 1.69. The molecule has 0 atom stereocenters. The van der Waals surface area contributed by atoms with Crippen molar-refractivity contribution in [2.45, 2.75) is 39.0 Å². The molecule has 0 bridgehead atoms. The van der Waals surface area contributed by atoms with Crippen LogP contribution < -0.4 is 10.3 Å². The molecule has 0 saturated carbocycles. The molecule has 1 fully saturated rings. The molecule has 3 heterocycles. The first-order valence-electron chi connectivity index (χ1n) is 9.38. The lowest BCUT2D eigenvalue weighted by Crippen LogP contribution is -2.40. The Balaban J connectivity index is 1.49. The Bertz CT molecular complexity index is 827. The molecule has 138 valence electrons. The summed E-state index contributed by atoms with van der Waals surface area (Å²) >= 11 is 0. The summed E-state index contributed by atoms with van der Waals surface area (Å²) < 4.78 is 7.14. The minimum absolute atomic E-state index is 0.0882. The molecule has 1 aromatic carbocycles. The van der Waals surface area contributed by atoms with Crippen molar-refractivity contribution in [2.24, 2.45) is 0 Å². The van der Waals surface area contributed by atoms with Crippen molar-refractivity contribution in [2.75, 3.05) is 26.7 Å². The predicted octanol–water partition coefficient (Wildman–Crippen LogP) is 1.86. The monoisotopic (exact) mass is 354 g/mol. The van der Waals surface area contributed by atoms with Gasteiger partial charge in [-0.05, 0) is 43.6 Å². The van der Waals surface area contributed by atoms with E-state index in [9.17, 15) is 4.79 Å². The van der Waals surface area contributed by atoms with Crippen molar-refractivity contribution in [3.8, 4) is 5.75 Å². The normalized spacial score (nSPS) is 18.0. The first-order valence-corrected chi connectivity index (χ1v) is 9.38. The zero-order valence-corrected chi connectivity index (χ0v) is 15.4. The fraction of sp³-hybridized carbons (Fsp3) is 0.500. The molecule has 26 heavy (non-hydrogen) atoms. The van der Waals surface area contributed by atoms with Gasteiger partial charge >= 0.3 is 0 Å². The molecule has 0 radical (unpaired) electrons. The van der Waals surface area contributed by atoms with E-state index >= 15 is 0 Å². The average molecular weight is 354 g/mol. The second kappa shape index (κ2) is 7.60. The van der Waals surface area contributed by atoms with Crippen molar-refractivity contribution in [3.63, 3.8) is 0 Å². The molecule has 1 aromatic heterocycles. The molecule has 0 N–H and O–H groups in total. The highest BCUT2D eigenvalue weighted by Crippen LogP contribution is 2.18. The number of hydrogen-bond donors (Lipinski definition) is 0. The van der Waals surface area contributed by atoms with Gasteiger partial charge in [0.05, 0.1) is 19.3 Å². The van der Waals surface area contributed by atoms with E-state index in [1.165, 1.54) is 18.4 Å². The van der Waals surface area contributed by atoms with E-state index in [0.717, 1.165) is 50.0 Å². The predicted molar refractivity (Wildman–Crippen MR) is 100 cm³/mol. The molecule has 0 aliphatic carbocycles. The van der Waals surface area contributed by atoms with Crippen LogP contribution in [0.1, 0.15) is 29.9 Å². The van der Waals surface area contributed by atoms with Gasteiger partial charge in [-0.15, -0.1) is 0 Å². The minimum Gasteiger partial charge on any atom is -0.497 e. The number of ether oxygens (including phenoxy) is 1. The Kier molecular flexibility index (Phi) is 5.04. The zero-order chi connectivity index (χ0) is 17.9. The van der Waals surface area contributed by atoms with E-state index in [1.54, 1.807) is 13.2 Å². The van der Waals surface area contributed by atoms with Crippen LogP contribution in [-0.2, 0) is 26.2 Å². The molecule has 0 amide bonds. The van der Waals surface area contributed by atoms with Gasteiger partial charge in [0.25, 0.3) is 5.56 Å². The summed E-state index contributed by atoms with van der Waals surface area (Å²) in [4.78, 5) is 22.0. The van der Waals surface area contributed by atoms with Gasteiger partial charge in [-0.1, -0.05) is 12.1 Å². The van der Waals surface area contributed by atoms with Crippen LogP contribution in [0, 0.1) is 0 Å². The molecule has 1 saturated heterocycles. The third-order valence-electron chi connectivity index (χ3n) is 5.27. The van der Waals surface area contributed by atoms with Crippen LogP contribution in [0.3, 0.4) is 0 Å². The summed E-state index contributed by atoms with van der Waals surface area (Å²) in [6.45, 7) is 6.12. The molecule has 6 heteroatoms. The SMILES string of the molecule is COc1cccc(CN2CCn3c(nc(CN4CCCC4)cc3=O)C2)c1. The molecule has 0 spiro atoms. The largest absolute Gasteiger partial charge is 0.497 e. The number of rotatable bonds is 5. The lowest BCUT2D eigenvalue weighted by atomic mass is 10.2. The summed E-state index contributed by atoms with van der Waals surface area (Å²) in [6.07, 6.45) is 2.50. The number of likely N-dealkylation sites (tertiary alicyclic amines) is 1. The number of benzene rings is 1. The van der Waals surface area contributed by atoms with E-state index in [2.05, 4.69) is 21.9 Å². The zero-order valence-electron chi connectivity index (χ0n) is 15.4. The first-order chi connectivity index (χ1) is 12.7. The molecular formula is C20H26N4O2. The van der Waals surface area contributed by atoms with E-state index in [-0.39, 0.29) is 5.56 Å². The van der Waals surface area contributed by atoms with Crippen molar-refractivity contribution < 1.29 is 4.74 Å². The molecule has 2 aromatic rings. The molecule has 6 nitrogen and oxygen atoms in total. The number of nitrogens with zero attached hydrogens (tertiary/aromatic N) is 4. The van der Waals surface area contributed by atoms with E-state index in [0.29, 0.717) is 13.1 Å². The highest BCUT2D eigenvalue weighted by molar-refractivity contribution is 5.28. The van der Waals surface area contributed by atoms with Crippen LogP contribution in [0.4, 0.5) is 0 Å². The minimum atomic E-state index is 0.0882. The Labute approximate surface area is 154 Å². The summed E-state index contributed by atoms with van der Waals surface area (Å²) in [6, 6.07) is 9.88. The summed E-state index contributed by atoms with van der Waals surface area (Å²) in [5.41, 5.74) is 2.21. The Morgan fingerprint density at radius 1 is 1.04 bits per heavy atom. The Morgan fingerprint density at radius 3 is 2.69 bits per heavy atom. The quantitative estimate of drug-likeness (QED) is 0.820. The van der Waals surface area contributed by atoms with Gasteiger partial charge in [0.2, 0.25) is 0 Å². The molecular weight excluding hydrogens is 328 g/mol. The maximum Gasteiger partial charge on any atom is 0.253 e. The third kappa shape index (κ3) is 3.81. The van der Waals surface area contributed by atoms with Gasteiger partial charge in [-0.3, -0.25) is 19.2 Å². The van der Waals surface area contributed by atoms with Gasteiger partial charge in [0.1, 0.15) is 11.6 Å². The van der Waals surface area contributed by atoms with Crippen LogP contribution in [0.2, 0.25) is 0 Å². The van der Waals surface area contributed by atoms with Gasteiger partial charge in [-0.2, -0.15) is 0 Å². The smallest absolute Gasteiger partial charge is 0.253 e. The highest BCUT2D eigenvalue weighted by atomic mass is 16.5. The van der Waals surface area contributed by atoms with Crippen molar-refractivity contribution in [1.82, 2.24) is 19.4 Å². The Hall–Kier alpha value is -2.18. The van der Waals surface area contributed by atoms with E-state index < -0.39 is 0 Å². The van der Waals surface area contributed by atoms with E-state index in [1.807, 2.05) is 16.7 Å². The topological polar surface area (TPSA) is 50.6 Å². The highest BCUT2D eigenvalue weighted by Gasteiger charge is 2.20. The summed E-state index contributed by atoms with van der Waals surface area (Å²) in [5, 5.41) is 0. The van der Waals surface area contributed by atoms with Crippen LogP contribution in [0.5, 0.6) is 5.75 Å². The molecule has 4 rings (SSSR count). The Morgan fingerprint density at radius 2 is 1.88 bits per heavy atom. The standard InChI is InChI=1S/C20H26N4O2/c1-26-18-6-4-5-16(11-18)13-23-9-10-24-19(15-23)21-17(12-20(24)25)14-22-7-2-3-8-22/h4-6,11-12H,2-3,7-10,13-15H2,1H3. The van der Waals surface area contributed by atoms with E-state index in [4.69, 9.17) is 9.72 Å². The van der Waals surface area contributed by atoms with Crippen molar-refractivity contribution >= 4 is 0 Å². The first kappa shape index (κ1) is 17.2. The third-order valence-corrected chi connectivity index (χ3v) is 5.27. The number of fused-ring (bicyclic) bond motifs is 1. The van der Waals surface area contributed by atoms with Crippen LogP contribution in [0.15, 0.2) is 35.1 Å². The lowest BCUT2D eigenvalue weighted by molar-refractivity contribution is 0.202. The van der Waals surface area contributed by atoms with Crippen LogP contribution >= 0.6 is 0 Å². The average Bonchev–Trinajstić information content (AvgIpc) is 3.14. The molecule has 2 aliphatic rings. The van der Waals surface area contributed by atoms with Gasteiger partial charge in [0, 0.05) is 32.2 Å². The van der Waals surface area contributed by atoms with Crippen molar-refractivity contribution in [3.05, 3.63) is 57.8 Å². The number of aromatic nitrogens is 2. The fourth-order valence-electron chi connectivity index (χ4n) is 3.90. The maximum atomic E-state index is 12.5. The summed E-state index contributed by atoms with van der Waals surface area (Å²) in [5.74, 6) is 1.77. The number of hydrogen-bond acceptors (Lipinski definition) is 5. The fourth-order valence-corrected chi connectivity index (χ4v) is 3.90. The number of methoxy groups -OCH3 is 1. The lowest BCUT2D eigenvalue weighted by Gasteiger charge is -2.29. The van der Waals surface area contributed by atoms with Crippen molar-refractivity contribution in [1.29, 1.82) is 0 Å². The van der Waals surface area contributed by atoms with Gasteiger partial charge < -0.3 is 4.74 Å². The molecule has 0 unspecified atom stereocenters. The molecule has 2 aliphatic heterocycles.